The summed E-state index contributed by atoms with van der Waals surface area (Å²) in [6, 6.07) is 37.8. The van der Waals surface area contributed by atoms with Gasteiger partial charge in [0.1, 0.15) is 0 Å². The van der Waals surface area contributed by atoms with Crippen LogP contribution in [0.1, 0.15) is 71.2 Å². The van der Waals surface area contributed by atoms with Crippen LogP contribution in [-0.4, -0.2) is 0 Å². The highest BCUT2D eigenvalue weighted by Gasteiger charge is 1.95. The summed E-state index contributed by atoms with van der Waals surface area (Å²) in [5.41, 5.74) is 7.83. The fraction of sp³-hybridized carbons (Fsp3) is 0.314. The second kappa shape index (κ2) is 25.5. The smallest absolute Gasteiger partial charge is 0.0184 e. The Kier molecular flexibility index (Phi) is 26.6. The van der Waals surface area contributed by atoms with Crippen molar-refractivity contribution >= 4 is 0 Å². The van der Waals surface area contributed by atoms with E-state index in [0.29, 0.717) is 0 Å². The number of benzene rings is 4. The van der Waals surface area contributed by atoms with Crippen molar-refractivity contribution in [1.82, 2.24) is 0 Å². The molecule has 192 valence electrons. The van der Waals surface area contributed by atoms with E-state index in [1.807, 2.05) is 77.9 Å². The molecule has 0 aliphatic carbocycles. The van der Waals surface area contributed by atoms with E-state index in [9.17, 15) is 0 Å². The molecular weight excluding hydrogens is 420 g/mol. The van der Waals surface area contributed by atoms with Gasteiger partial charge in [0.25, 0.3) is 0 Å². The molecule has 0 spiro atoms. The molecule has 0 aromatic heterocycles. The van der Waals surface area contributed by atoms with Crippen molar-refractivity contribution in [2.45, 2.75) is 76.7 Å². The molecule has 0 saturated carbocycles. The van der Waals surface area contributed by atoms with Crippen LogP contribution >= 0.6 is 0 Å². The topological polar surface area (TPSA) is 0 Å². The van der Waals surface area contributed by atoms with Gasteiger partial charge in [0, 0.05) is 0 Å². The lowest BCUT2D eigenvalue weighted by molar-refractivity contribution is 1.45. The number of hydrogen-bond donors (Lipinski definition) is 0. The van der Waals surface area contributed by atoms with Gasteiger partial charge in [0.15, 0.2) is 0 Å². The molecule has 0 atom stereocenters. The molecule has 35 heavy (non-hydrogen) atoms. The van der Waals surface area contributed by atoms with Gasteiger partial charge >= 0.3 is 0 Å². The Morgan fingerprint density at radius 3 is 0.657 bits per heavy atom. The quantitative estimate of drug-likeness (QED) is 0.258. The molecule has 0 heterocycles. The molecule has 0 aliphatic rings. The Hall–Kier alpha value is -3.12. The molecule has 4 aromatic carbocycles. The lowest BCUT2D eigenvalue weighted by Gasteiger charge is -2.02. The van der Waals surface area contributed by atoms with Crippen LogP contribution < -0.4 is 0 Å². The molecule has 0 N–H and O–H groups in total. The van der Waals surface area contributed by atoms with Gasteiger partial charge in [-0.15, -0.1) is 0 Å². The second-order valence-corrected chi connectivity index (χ2v) is 7.04. The minimum absolute atomic E-state index is 0. The highest BCUT2D eigenvalue weighted by Crippen LogP contribution is 2.19. The van der Waals surface area contributed by atoms with Crippen LogP contribution in [0.2, 0.25) is 0 Å². The maximum Gasteiger partial charge on any atom is -0.0184 e. The number of aryl methyl sites for hydroxylation is 4. The summed E-state index contributed by atoms with van der Waals surface area (Å²) in [7, 11) is 0. The van der Waals surface area contributed by atoms with E-state index < -0.39 is 0 Å². The summed E-state index contributed by atoms with van der Waals surface area (Å²) in [5.74, 6) is 0. The van der Waals surface area contributed by atoms with Gasteiger partial charge in [0.05, 0.1) is 0 Å². The molecule has 0 radical (unpaired) electrons. The van der Waals surface area contributed by atoms with Gasteiger partial charge in [0.2, 0.25) is 0 Å². The van der Waals surface area contributed by atoms with Gasteiger partial charge in [-0.25, -0.2) is 0 Å². The molecule has 4 rings (SSSR count). The fourth-order valence-electron chi connectivity index (χ4n) is 2.56. The third-order valence-corrected chi connectivity index (χ3v) is 4.32. The van der Waals surface area contributed by atoms with E-state index in [2.05, 4.69) is 100 Å². The fourth-order valence-corrected chi connectivity index (χ4v) is 2.56. The Morgan fingerprint density at radius 1 is 0.286 bits per heavy atom. The van der Waals surface area contributed by atoms with Crippen LogP contribution in [0.25, 0.3) is 11.1 Å². The summed E-state index contributed by atoms with van der Waals surface area (Å²) >= 11 is 0. The first-order chi connectivity index (χ1) is 16.5. The molecule has 0 unspecified atom stereocenters. The second-order valence-electron chi connectivity index (χ2n) is 7.04. The molecule has 0 amide bonds. The molecule has 0 saturated heterocycles. The van der Waals surface area contributed by atoms with Crippen LogP contribution in [0.5, 0.6) is 0 Å². The maximum atomic E-state index is 2.17. The summed E-state index contributed by atoms with van der Waals surface area (Å²) < 4.78 is 0. The molecule has 0 nitrogen and oxygen atoms in total. The normalized spacial score (nSPS) is 8.06. The van der Waals surface area contributed by atoms with Crippen LogP contribution in [0.3, 0.4) is 0 Å². The number of hydrogen-bond acceptors (Lipinski definition) is 0. The summed E-state index contributed by atoms with van der Waals surface area (Å²) in [4.78, 5) is 0. The maximum absolute atomic E-state index is 2.17. The SMILES string of the molecule is C.CC.CC.CC.Cc1ccc(-c2ccc(C)cc2)cc1.Cc1ccccc1.Cc1ccccc1. The molecule has 0 bridgehead atoms. The first-order valence-corrected chi connectivity index (χ1v) is 12.7. The van der Waals surface area contributed by atoms with Crippen LogP contribution in [0.4, 0.5) is 0 Å². The van der Waals surface area contributed by atoms with Gasteiger partial charge in [-0.05, 0) is 38.8 Å². The molecule has 0 fully saturated rings. The Morgan fingerprint density at radius 2 is 0.486 bits per heavy atom. The minimum Gasteiger partial charge on any atom is -0.0776 e. The summed E-state index contributed by atoms with van der Waals surface area (Å²) in [6.45, 7) is 20.4. The zero-order chi connectivity index (χ0) is 26.2. The van der Waals surface area contributed by atoms with Crippen molar-refractivity contribution in [2.24, 2.45) is 0 Å². The standard InChI is InChI=1S/C14H14.2C7H8.3C2H6.CH4/c1-11-3-7-13(8-4-11)14-9-5-12(2)6-10-14;2*1-7-5-3-2-4-6-7;3*1-2;/h3-10H,1-2H3;2*2-6H,1H3;3*1-2H3;1H4. The predicted octanol–water partition coefficient (Wildman–Crippen LogP) is 11.7. The van der Waals surface area contributed by atoms with E-state index in [1.165, 1.54) is 33.4 Å². The van der Waals surface area contributed by atoms with Gasteiger partial charge in [-0.2, -0.15) is 0 Å². The van der Waals surface area contributed by atoms with Crippen LogP contribution in [0.15, 0.2) is 109 Å². The van der Waals surface area contributed by atoms with E-state index in [-0.39, 0.29) is 7.43 Å². The van der Waals surface area contributed by atoms with Crippen molar-refractivity contribution < 1.29 is 0 Å². The van der Waals surface area contributed by atoms with Gasteiger partial charge in [-0.1, -0.05) is 180 Å². The third kappa shape index (κ3) is 18.9. The molecule has 0 heteroatoms. The largest absolute Gasteiger partial charge is 0.0776 e. The minimum atomic E-state index is 0. The van der Waals surface area contributed by atoms with E-state index in [4.69, 9.17) is 0 Å². The average Bonchev–Trinajstić information content (AvgIpc) is 2.90. The lowest BCUT2D eigenvalue weighted by atomic mass is 10.0. The van der Waals surface area contributed by atoms with Crippen LogP contribution in [0, 0.1) is 27.7 Å². The highest BCUT2D eigenvalue weighted by atomic mass is 14.0. The average molecular weight is 473 g/mol. The van der Waals surface area contributed by atoms with Crippen molar-refractivity contribution in [3.05, 3.63) is 131 Å². The van der Waals surface area contributed by atoms with Crippen molar-refractivity contribution in [1.29, 1.82) is 0 Å². The Balaban J connectivity index is -0.000000418. The van der Waals surface area contributed by atoms with Crippen molar-refractivity contribution in [2.75, 3.05) is 0 Å². The Labute approximate surface area is 219 Å². The molecule has 4 aromatic rings. The molecular formula is C35H52. The Bertz CT molecular complexity index is 822. The van der Waals surface area contributed by atoms with E-state index in [1.54, 1.807) is 0 Å². The highest BCUT2D eigenvalue weighted by molar-refractivity contribution is 5.63. The van der Waals surface area contributed by atoms with Crippen molar-refractivity contribution in [3.63, 3.8) is 0 Å². The predicted molar refractivity (Wildman–Crippen MR) is 164 cm³/mol. The monoisotopic (exact) mass is 472 g/mol. The zero-order valence-corrected chi connectivity index (χ0v) is 23.4. The third-order valence-electron chi connectivity index (χ3n) is 4.32. The van der Waals surface area contributed by atoms with Crippen LogP contribution in [-0.2, 0) is 0 Å². The number of rotatable bonds is 1. The lowest BCUT2D eigenvalue weighted by Crippen LogP contribution is -1.78. The van der Waals surface area contributed by atoms with Crippen molar-refractivity contribution in [3.8, 4) is 11.1 Å². The molecule has 0 aliphatic heterocycles. The van der Waals surface area contributed by atoms with Gasteiger partial charge < -0.3 is 0 Å². The summed E-state index contributed by atoms with van der Waals surface area (Å²) in [5, 5.41) is 0. The first kappa shape index (κ1) is 36.4. The zero-order valence-electron chi connectivity index (χ0n) is 23.4. The van der Waals surface area contributed by atoms with E-state index >= 15 is 0 Å². The van der Waals surface area contributed by atoms with E-state index in [0.717, 1.165) is 0 Å². The first-order valence-electron chi connectivity index (χ1n) is 12.7. The van der Waals surface area contributed by atoms with Gasteiger partial charge in [-0.3, -0.25) is 0 Å². The summed E-state index contributed by atoms with van der Waals surface area (Å²) in [6.07, 6.45) is 0.